The SMILES string of the molecule is Cc1cc(/C(=C/C(=O)O)C2CCCCC2)ccc1F. The van der Waals surface area contributed by atoms with Gasteiger partial charge in [0.05, 0.1) is 0 Å². The second-order valence-corrected chi connectivity index (χ2v) is 5.24. The summed E-state index contributed by atoms with van der Waals surface area (Å²) < 4.78 is 13.3. The largest absolute Gasteiger partial charge is 0.478 e. The van der Waals surface area contributed by atoms with Crippen LogP contribution >= 0.6 is 0 Å². The summed E-state index contributed by atoms with van der Waals surface area (Å²) in [6.07, 6.45) is 6.84. The maximum atomic E-state index is 13.3. The van der Waals surface area contributed by atoms with Crippen molar-refractivity contribution in [2.75, 3.05) is 0 Å². The number of carboxylic acids is 1. The Hall–Kier alpha value is -1.64. The van der Waals surface area contributed by atoms with E-state index in [-0.39, 0.29) is 11.7 Å². The smallest absolute Gasteiger partial charge is 0.328 e. The molecule has 0 bridgehead atoms. The summed E-state index contributed by atoms with van der Waals surface area (Å²) in [7, 11) is 0. The van der Waals surface area contributed by atoms with E-state index in [9.17, 15) is 9.18 Å². The molecule has 1 fully saturated rings. The maximum absolute atomic E-state index is 13.3. The van der Waals surface area contributed by atoms with Crippen LogP contribution < -0.4 is 0 Å². The van der Waals surface area contributed by atoms with Crippen LogP contribution in [0.2, 0.25) is 0 Å². The second kappa shape index (κ2) is 6.00. The third kappa shape index (κ3) is 3.43. The highest BCUT2D eigenvalue weighted by Gasteiger charge is 2.20. The fourth-order valence-electron chi connectivity index (χ4n) is 2.81. The molecule has 2 rings (SSSR count). The van der Waals surface area contributed by atoms with Gasteiger partial charge in [0.1, 0.15) is 5.82 Å². The summed E-state index contributed by atoms with van der Waals surface area (Å²) in [5.41, 5.74) is 2.24. The Balaban J connectivity index is 2.36. The van der Waals surface area contributed by atoms with Gasteiger partial charge >= 0.3 is 5.97 Å². The molecule has 2 nitrogen and oxygen atoms in total. The number of hydrogen-bond donors (Lipinski definition) is 1. The average molecular weight is 262 g/mol. The van der Waals surface area contributed by atoms with Crippen molar-refractivity contribution < 1.29 is 14.3 Å². The quantitative estimate of drug-likeness (QED) is 0.829. The first-order chi connectivity index (χ1) is 9.08. The molecule has 1 aromatic rings. The normalized spacial score (nSPS) is 17.5. The molecule has 3 heteroatoms. The highest BCUT2D eigenvalue weighted by molar-refractivity contribution is 5.90. The molecule has 0 spiro atoms. The van der Waals surface area contributed by atoms with Crippen LogP contribution in [-0.2, 0) is 4.79 Å². The summed E-state index contributed by atoms with van der Waals surface area (Å²) in [5, 5.41) is 9.05. The number of hydrogen-bond acceptors (Lipinski definition) is 1. The van der Waals surface area contributed by atoms with E-state index in [4.69, 9.17) is 5.11 Å². The molecule has 0 radical (unpaired) electrons. The Morgan fingerprint density at radius 3 is 2.58 bits per heavy atom. The summed E-state index contributed by atoms with van der Waals surface area (Å²) in [6.45, 7) is 1.71. The van der Waals surface area contributed by atoms with Crippen LogP contribution in [0.5, 0.6) is 0 Å². The monoisotopic (exact) mass is 262 g/mol. The van der Waals surface area contributed by atoms with Gasteiger partial charge in [-0.15, -0.1) is 0 Å². The van der Waals surface area contributed by atoms with Crippen LogP contribution in [0, 0.1) is 18.7 Å². The van der Waals surface area contributed by atoms with E-state index < -0.39 is 5.97 Å². The molecular formula is C16H19FO2. The van der Waals surface area contributed by atoms with Gasteiger partial charge in [0.15, 0.2) is 0 Å². The van der Waals surface area contributed by atoms with Crippen LogP contribution in [0.4, 0.5) is 4.39 Å². The van der Waals surface area contributed by atoms with E-state index in [0.717, 1.165) is 36.8 Å². The Kier molecular flexibility index (Phi) is 4.35. The molecule has 1 N–H and O–H groups in total. The van der Waals surface area contributed by atoms with Gasteiger partial charge < -0.3 is 5.11 Å². The van der Waals surface area contributed by atoms with Crippen molar-refractivity contribution in [3.05, 3.63) is 41.2 Å². The minimum absolute atomic E-state index is 0.248. The Morgan fingerprint density at radius 1 is 1.32 bits per heavy atom. The molecule has 1 aliphatic carbocycles. The summed E-state index contributed by atoms with van der Waals surface area (Å²) >= 11 is 0. The van der Waals surface area contributed by atoms with Crippen molar-refractivity contribution in [2.24, 2.45) is 5.92 Å². The van der Waals surface area contributed by atoms with Gasteiger partial charge in [-0.1, -0.05) is 25.3 Å². The highest BCUT2D eigenvalue weighted by Crippen LogP contribution is 2.35. The van der Waals surface area contributed by atoms with Crippen LogP contribution in [0.3, 0.4) is 0 Å². The fourth-order valence-corrected chi connectivity index (χ4v) is 2.81. The molecule has 0 heterocycles. The zero-order chi connectivity index (χ0) is 13.8. The number of carboxylic acid groups (broad SMARTS) is 1. The molecule has 19 heavy (non-hydrogen) atoms. The van der Waals surface area contributed by atoms with Crippen molar-refractivity contribution in [2.45, 2.75) is 39.0 Å². The lowest BCUT2D eigenvalue weighted by atomic mass is 9.80. The van der Waals surface area contributed by atoms with Crippen molar-refractivity contribution in [3.63, 3.8) is 0 Å². The third-order valence-electron chi connectivity index (χ3n) is 3.82. The number of benzene rings is 1. The minimum atomic E-state index is -0.928. The Morgan fingerprint density at radius 2 is 2.00 bits per heavy atom. The molecule has 1 saturated carbocycles. The molecule has 0 saturated heterocycles. The molecule has 0 aliphatic heterocycles. The number of aliphatic carboxylic acids is 1. The molecule has 0 amide bonds. The van der Waals surface area contributed by atoms with Crippen molar-refractivity contribution in [1.29, 1.82) is 0 Å². The molecule has 1 aromatic carbocycles. The number of halogens is 1. The fraction of sp³-hybridized carbons (Fsp3) is 0.438. The molecule has 1 aliphatic rings. The highest BCUT2D eigenvalue weighted by atomic mass is 19.1. The Bertz CT molecular complexity index is 499. The van der Waals surface area contributed by atoms with Crippen LogP contribution in [0.25, 0.3) is 5.57 Å². The molecule has 0 aromatic heterocycles. The summed E-state index contributed by atoms with van der Waals surface area (Å²) in [4.78, 5) is 11.0. The average Bonchev–Trinajstić information content (AvgIpc) is 2.40. The van der Waals surface area contributed by atoms with Gasteiger partial charge in [-0.05, 0) is 54.5 Å². The standard InChI is InChI=1S/C16H19FO2/c1-11-9-13(7-8-15(11)17)14(10-16(18)19)12-5-3-2-4-6-12/h7-10,12H,2-6H2,1H3,(H,18,19)/b14-10+. The minimum Gasteiger partial charge on any atom is -0.478 e. The van der Waals surface area contributed by atoms with E-state index in [1.54, 1.807) is 19.1 Å². The van der Waals surface area contributed by atoms with E-state index in [1.165, 1.54) is 18.6 Å². The van der Waals surface area contributed by atoms with E-state index in [2.05, 4.69) is 0 Å². The predicted molar refractivity (Wildman–Crippen MR) is 73.3 cm³/mol. The third-order valence-corrected chi connectivity index (χ3v) is 3.82. The molecule has 0 unspecified atom stereocenters. The lowest BCUT2D eigenvalue weighted by molar-refractivity contribution is -0.131. The van der Waals surface area contributed by atoms with E-state index in [1.807, 2.05) is 0 Å². The van der Waals surface area contributed by atoms with Crippen molar-refractivity contribution in [1.82, 2.24) is 0 Å². The van der Waals surface area contributed by atoms with Gasteiger partial charge in [-0.25, -0.2) is 9.18 Å². The first kappa shape index (κ1) is 13.8. The maximum Gasteiger partial charge on any atom is 0.328 e. The zero-order valence-electron chi connectivity index (χ0n) is 11.2. The predicted octanol–water partition coefficient (Wildman–Crippen LogP) is 4.18. The number of rotatable bonds is 3. The van der Waals surface area contributed by atoms with E-state index >= 15 is 0 Å². The van der Waals surface area contributed by atoms with E-state index in [0.29, 0.717) is 5.56 Å². The topological polar surface area (TPSA) is 37.3 Å². The molecular weight excluding hydrogens is 243 g/mol. The first-order valence-corrected chi connectivity index (χ1v) is 6.79. The number of aryl methyl sites for hydroxylation is 1. The number of carbonyl (C=O) groups is 1. The molecule has 102 valence electrons. The summed E-state index contributed by atoms with van der Waals surface area (Å²) in [6, 6.07) is 4.85. The number of allylic oxidation sites excluding steroid dienone is 1. The summed E-state index contributed by atoms with van der Waals surface area (Å²) in [5.74, 6) is -0.890. The molecule has 0 atom stereocenters. The van der Waals surface area contributed by atoms with Gasteiger partial charge in [-0.2, -0.15) is 0 Å². The van der Waals surface area contributed by atoms with Crippen LogP contribution in [-0.4, -0.2) is 11.1 Å². The van der Waals surface area contributed by atoms with Crippen molar-refractivity contribution >= 4 is 11.5 Å². The second-order valence-electron chi connectivity index (χ2n) is 5.24. The van der Waals surface area contributed by atoms with Crippen LogP contribution in [0.1, 0.15) is 43.2 Å². The van der Waals surface area contributed by atoms with Crippen LogP contribution in [0.15, 0.2) is 24.3 Å². The Labute approximate surface area is 113 Å². The zero-order valence-corrected chi connectivity index (χ0v) is 11.2. The van der Waals surface area contributed by atoms with Gasteiger partial charge in [0.2, 0.25) is 0 Å². The lowest BCUT2D eigenvalue weighted by Gasteiger charge is -2.24. The van der Waals surface area contributed by atoms with Crippen molar-refractivity contribution in [3.8, 4) is 0 Å². The lowest BCUT2D eigenvalue weighted by Crippen LogP contribution is -2.10. The first-order valence-electron chi connectivity index (χ1n) is 6.79. The van der Waals surface area contributed by atoms with Gasteiger partial charge in [0.25, 0.3) is 0 Å². The van der Waals surface area contributed by atoms with Gasteiger partial charge in [-0.3, -0.25) is 0 Å². The van der Waals surface area contributed by atoms with Gasteiger partial charge in [0, 0.05) is 6.08 Å².